The van der Waals surface area contributed by atoms with E-state index in [1.807, 2.05) is 22.8 Å². The highest BCUT2D eigenvalue weighted by atomic mass is 15.7. The molecule has 0 spiro atoms. The van der Waals surface area contributed by atoms with Crippen molar-refractivity contribution in [2.45, 2.75) is 13.8 Å². The van der Waals surface area contributed by atoms with Crippen LogP contribution in [-0.4, -0.2) is 22.4 Å². The number of nitrogens with two attached hydrogens (primary N) is 1. The maximum Gasteiger partial charge on any atom is 0.125 e. The van der Waals surface area contributed by atoms with Crippen LogP contribution < -0.4 is 10.7 Å². The third-order valence-corrected chi connectivity index (χ3v) is 2.52. The van der Waals surface area contributed by atoms with Gasteiger partial charge in [-0.15, -0.1) is 0 Å². The second-order valence-corrected chi connectivity index (χ2v) is 3.27. The van der Waals surface area contributed by atoms with E-state index in [9.17, 15) is 0 Å². The Balaban J connectivity index is 2.55. The maximum atomic E-state index is 5.88. The summed E-state index contributed by atoms with van der Waals surface area (Å²) in [5, 5.41) is 2.21. The molecule has 4 nitrogen and oxygen atoms in total. The van der Waals surface area contributed by atoms with Gasteiger partial charge in [0.25, 0.3) is 0 Å². The lowest BCUT2D eigenvalue weighted by atomic mass is 10.5. The van der Waals surface area contributed by atoms with E-state index in [-0.39, 0.29) is 0 Å². The lowest BCUT2D eigenvalue weighted by Gasteiger charge is -2.23. The van der Waals surface area contributed by atoms with Gasteiger partial charge in [0.15, 0.2) is 0 Å². The molecule has 0 bridgehead atoms. The van der Waals surface area contributed by atoms with Crippen LogP contribution in [0.2, 0.25) is 0 Å². The van der Waals surface area contributed by atoms with Crippen molar-refractivity contribution in [2.24, 2.45) is 0 Å². The zero-order valence-electron chi connectivity index (χ0n) is 8.64. The summed E-state index contributed by atoms with van der Waals surface area (Å²) in [4.78, 5) is 2.06. The molecule has 0 aliphatic rings. The normalized spacial score (nSPS) is 11.0. The first kappa shape index (κ1) is 8.99. The molecule has 0 amide bonds. The summed E-state index contributed by atoms with van der Waals surface area (Å²) in [7, 11) is 0. The van der Waals surface area contributed by atoms with Crippen molar-refractivity contribution in [3.05, 3.63) is 24.4 Å². The van der Waals surface area contributed by atoms with Gasteiger partial charge in [0, 0.05) is 19.3 Å². The van der Waals surface area contributed by atoms with Crippen molar-refractivity contribution < 1.29 is 0 Å². The van der Waals surface area contributed by atoms with E-state index in [4.69, 9.17) is 5.73 Å². The second kappa shape index (κ2) is 3.29. The quantitative estimate of drug-likeness (QED) is 0.796. The lowest BCUT2D eigenvalue weighted by molar-refractivity contribution is 0.535. The van der Waals surface area contributed by atoms with Crippen LogP contribution >= 0.6 is 0 Å². The molecule has 0 fully saturated rings. The maximum absolute atomic E-state index is 5.88. The summed E-state index contributed by atoms with van der Waals surface area (Å²) in [6.45, 7) is 6.21. The van der Waals surface area contributed by atoms with E-state index < -0.39 is 0 Å². The van der Waals surface area contributed by atoms with Crippen LogP contribution in [0.5, 0.6) is 0 Å². The van der Waals surface area contributed by atoms with Gasteiger partial charge in [0.05, 0.1) is 5.52 Å². The van der Waals surface area contributed by atoms with Gasteiger partial charge in [-0.2, -0.15) is 4.79 Å². The number of nitrogens with zero attached hydrogens (tertiary/aromatic N) is 3. The average molecular weight is 192 g/mol. The van der Waals surface area contributed by atoms with E-state index in [1.54, 1.807) is 0 Å². The first-order valence-corrected chi connectivity index (χ1v) is 4.97. The smallest absolute Gasteiger partial charge is 0.125 e. The minimum Gasteiger partial charge on any atom is -0.384 e. The van der Waals surface area contributed by atoms with Crippen molar-refractivity contribution in [1.29, 1.82) is 0 Å². The molecule has 0 atom stereocenters. The van der Waals surface area contributed by atoms with Gasteiger partial charge in [-0.25, -0.2) is 4.52 Å². The Hall–Kier alpha value is -1.58. The van der Waals surface area contributed by atoms with E-state index in [0.29, 0.717) is 0 Å². The van der Waals surface area contributed by atoms with Gasteiger partial charge < -0.3 is 5.73 Å². The average Bonchev–Trinajstić information content (AvgIpc) is 2.74. The lowest BCUT2D eigenvalue weighted by Crippen LogP contribution is -2.36. The summed E-state index contributed by atoms with van der Waals surface area (Å²) in [5.41, 5.74) is 7.02. The van der Waals surface area contributed by atoms with E-state index in [2.05, 4.69) is 29.7 Å². The number of hydrogen-bond donors (Lipinski definition) is 1. The number of fused-ring (bicyclic) bond motifs is 1. The molecular formula is C10H16N4. The third-order valence-electron chi connectivity index (χ3n) is 2.52. The van der Waals surface area contributed by atoms with Crippen LogP contribution in [0.3, 0.4) is 0 Å². The molecule has 2 aromatic heterocycles. The first-order valence-electron chi connectivity index (χ1n) is 4.97. The molecule has 14 heavy (non-hydrogen) atoms. The largest absolute Gasteiger partial charge is 0.384 e. The summed E-state index contributed by atoms with van der Waals surface area (Å²) in [6, 6.07) is 6.01. The molecule has 0 radical (unpaired) electrons. The number of rotatable bonds is 3. The highest BCUT2D eigenvalue weighted by Crippen LogP contribution is 2.12. The van der Waals surface area contributed by atoms with Crippen LogP contribution in [0.15, 0.2) is 24.4 Å². The Labute approximate surface area is 83.5 Å². The predicted octanol–water partition coefficient (Wildman–Crippen LogP) is 1.30. The van der Waals surface area contributed by atoms with Crippen molar-refractivity contribution in [2.75, 3.05) is 23.8 Å². The van der Waals surface area contributed by atoms with E-state index in [0.717, 1.165) is 24.4 Å². The highest BCUT2D eigenvalue weighted by molar-refractivity contribution is 5.55. The fourth-order valence-corrected chi connectivity index (χ4v) is 1.77. The highest BCUT2D eigenvalue weighted by Gasteiger charge is 2.06. The van der Waals surface area contributed by atoms with Crippen molar-refractivity contribution >= 4 is 11.3 Å². The van der Waals surface area contributed by atoms with E-state index >= 15 is 0 Å². The fourth-order valence-electron chi connectivity index (χ4n) is 1.77. The predicted molar refractivity (Wildman–Crippen MR) is 59.1 cm³/mol. The molecule has 2 N–H and O–H groups in total. The van der Waals surface area contributed by atoms with Crippen LogP contribution in [0, 0.1) is 0 Å². The van der Waals surface area contributed by atoms with Gasteiger partial charge in [-0.1, -0.05) is 0 Å². The molecule has 0 aliphatic carbocycles. The Bertz CT molecular complexity index is 422. The zero-order chi connectivity index (χ0) is 10.1. The fraction of sp³-hybridized carbons (Fsp3) is 0.400. The van der Waals surface area contributed by atoms with Crippen LogP contribution in [0.1, 0.15) is 13.8 Å². The van der Waals surface area contributed by atoms with E-state index in [1.165, 1.54) is 0 Å². The molecule has 2 heterocycles. The molecule has 0 aromatic carbocycles. The van der Waals surface area contributed by atoms with Crippen molar-refractivity contribution in [3.8, 4) is 0 Å². The number of nitrogen functional groups attached to an aromatic ring is 1. The molecule has 0 unspecified atom stereocenters. The topological polar surface area (TPSA) is 38.6 Å². The molecule has 0 saturated heterocycles. The van der Waals surface area contributed by atoms with Crippen LogP contribution in [0.25, 0.3) is 5.52 Å². The number of hydrogen-bond acceptors (Lipinski definition) is 2. The minimum absolute atomic E-state index is 0.775. The summed E-state index contributed by atoms with van der Waals surface area (Å²) >= 11 is 0. The molecular weight excluding hydrogens is 176 g/mol. The molecule has 2 aromatic rings. The SMILES string of the molecule is CCN(CC)n1ccc2ccc(N)n21. The van der Waals surface area contributed by atoms with Crippen molar-refractivity contribution in [1.82, 2.24) is 9.31 Å². The standard InChI is InChI=1S/C10H16N4/c1-3-12(4-2)13-8-7-9-5-6-10(11)14(9)13/h5-8H,3-4,11H2,1-2H3. The Kier molecular flexibility index (Phi) is 2.11. The van der Waals surface area contributed by atoms with Gasteiger partial charge in [-0.3, -0.25) is 5.01 Å². The summed E-state index contributed by atoms with van der Waals surface area (Å²) in [5.74, 6) is 0.775. The monoisotopic (exact) mass is 192 g/mol. The summed E-state index contributed by atoms with van der Waals surface area (Å²) in [6.07, 6.45) is 2.04. The molecule has 2 rings (SSSR count). The van der Waals surface area contributed by atoms with Gasteiger partial charge in [0.2, 0.25) is 0 Å². The van der Waals surface area contributed by atoms with Gasteiger partial charge in [0.1, 0.15) is 5.82 Å². The number of anilines is 1. The van der Waals surface area contributed by atoms with Crippen LogP contribution in [-0.2, 0) is 0 Å². The Morgan fingerprint density at radius 2 is 1.93 bits per heavy atom. The Morgan fingerprint density at radius 1 is 1.21 bits per heavy atom. The van der Waals surface area contributed by atoms with Crippen molar-refractivity contribution in [3.63, 3.8) is 0 Å². The van der Waals surface area contributed by atoms with Gasteiger partial charge in [-0.05, 0) is 32.0 Å². The molecule has 76 valence electrons. The third kappa shape index (κ3) is 1.14. The second-order valence-electron chi connectivity index (χ2n) is 3.27. The molecule has 4 heteroatoms. The van der Waals surface area contributed by atoms with Gasteiger partial charge >= 0.3 is 0 Å². The summed E-state index contributed by atoms with van der Waals surface area (Å²) < 4.78 is 2.01. The number of aromatic nitrogens is 2. The minimum atomic E-state index is 0.775. The first-order chi connectivity index (χ1) is 6.77. The Morgan fingerprint density at radius 3 is 2.57 bits per heavy atom. The zero-order valence-corrected chi connectivity index (χ0v) is 8.64. The van der Waals surface area contributed by atoms with Crippen LogP contribution in [0.4, 0.5) is 5.82 Å². The molecule has 0 saturated carbocycles. The molecule has 0 aliphatic heterocycles.